The quantitative estimate of drug-likeness (QED) is 0.463. The van der Waals surface area contributed by atoms with E-state index < -0.39 is 11.8 Å². The van der Waals surface area contributed by atoms with E-state index in [1.165, 1.54) is 0 Å². The lowest BCUT2D eigenvalue weighted by Crippen LogP contribution is -2.43. The Balaban J connectivity index is 1.71. The van der Waals surface area contributed by atoms with Crippen molar-refractivity contribution >= 4 is 27.7 Å². The smallest absolute Gasteiger partial charge is 0.276 e. The van der Waals surface area contributed by atoms with Gasteiger partial charge in [0.2, 0.25) is 0 Å². The lowest BCUT2D eigenvalue weighted by molar-refractivity contribution is -0.123. The first kappa shape index (κ1) is 20.8. The first-order valence-corrected chi connectivity index (χ1v) is 9.58. The molecule has 0 saturated heterocycles. The van der Waals surface area contributed by atoms with E-state index in [0.717, 1.165) is 29.5 Å². The number of amides is 2. The lowest BCUT2D eigenvalue weighted by atomic mass is 10.2. The fourth-order valence-electron chi connectivity index (χ4n) is 2.16. The SMILES string of the molecule is CCCCCOc1ccc(C(=O)NNC(=O)COc2ccc(Br)cc2)cc1. The molecular formula is C20H23BrN2O4. The van der Waals surface area contributed by atoms with Gasteiger partial charge in [0.05, 0.1) is 6.61 Å². The maximum absolute atomic E-state index is 12.1. The molecule has 0 spiro atoms. The Hall–Kier alpha value is -2.54. The highest BCUT2D eigenvalue weighted by Gasteiger charge is 2.08. The summed E-state index contributed by atoms with van der Waals surface area (Å²) in [4.78, 5) is 23.8. The van der Waals surface area contributed by atoms with Gasteiger partial charge in [0.15, 0.2) is 6.61 Å². The predicted molar refractivity (Wildman–Crippen MR) is 107 cm³/mol. The van der Waals surface area contributed by atoms with Gasteiger partial charge < -0.3 is 9.47 Å². The van der Waals surface area contributed by atoms with Crippen LogP contribution in [-0.4, -0.2) is 25.0 Å². The topological polar surface area (TPSA) is 76.7 Å². The minimum atomic E-state index is -0.456. The van der Waals surface area contributed by atoms with Gasteiger partial charge in [-0.3, -0.25) is 20.4 Å². The van der Waals surface area contributed by atoms with Crippen molar-refractivity contribution in [3.63, 3.8) is 0 Å². The van der Waals surface area contributed by atoms with E-state index in [0.29, 0.717) is 17.9 Å². The number of carbonyl (C=O) groups is 2. The summed E-state index contributed by atoms with van der Waals surface area (Å²) in [5.41, 5.74) is 5.10. The highest BCUT2D eigenvalue weighted by atomic mass is 79.9. The van der Waals surface area contributed by atoms with Crippen molar-refractivity contribution in [2.45, 2.75) is 26.2 Å². The van der Waals surface area contributed by atoms with Crippen LogP contribution in [0.1, 0.15) is 36.5 Å². The van der Waals surface area contributed by atoms with Gasteiger partial charge in [-0.15, -0.1) is 0 Å². The molecule has 27 heavy (non-hydrogen) atoms. The number of hydrogen-bond donors (Lipinski definition) is 2. The molecule has 2 N–H and O–H groups in total. The van der Waals surface area contributed by atoms with E-state index in [-0.39, 0.29) is 6.61 Å². The van der Waals surface area contributed by atoms with E-state index in [4.69, 9.17) is 9.47 Å². The van der Waals surface area contributed by atoms with Crippen LogP contribution in [0.4, 0.5) is 0 Å². The molecule has 2 amide bonds. The van der Waals surface area contributed by atoms with Gasteiger partial charge in [0.25, 0.3) is 11.8 Å². The van der Waals surface area contributed by atoms with Crippen LogP contribution in [0.5, 0.6) is 11.5 Å². The number of carbonyl (C=O) groups excluding carboxylic acids is 2. The van der Waals surface area contributed by atoms with Crippen molar-refractivity contribution in [1.29, 1.82) is 0 Å². The van der Waals surface area contributed by atoms with Crippen LogP contribution >= 0.6 is 15.9 Å². The Bertz CT molecular complexity index is 733. The first-order chi connectivity index (χ1) is 13.1. The zero-order valence-corrected chi connectivity index (χ0v) is 16.8. The number of rotatable bonds is 9. The Morgan fingerprint density at radius 2 is 1.52 bits per heavy atom. The molecule has 7 heteroatoms. The molecule has 0 atom stereocenters. The highest BCUT2D eigenvalue weighted by molar-refractivity contribution is 9.10. The number of hydrogen-bond acceptors (Lipinski definition) is 4. The van der Waals surface area contributed by atoms with Gasteiger partial charge in [-0.05, 0) is 55.0 Å². The second kappa shape index (κ2) is 11.2. The second-order valence-electron chi connectivity index (χ2n) is 5.82. The maximum atomic E-state index is 12.1. The maximum Gasteiger partial charge on any atom is 0.276 e. The molecule has 0 radical (unpaired) electrons. The summed E-state index contributed by atoms with van der Waals surface area (Å²) in [6, 6.07) is 13.9. The number of unbranched alkanes of at least 4 members (excludes halogenated alkanes) is 2. The van der Waals surface area contributed by atoms with Gasteiger partial charge in [-0.2, -0.15) is 0 Å². The van der Waals surface area contributed by atoms with Gasteiger partial charge in [0.1, 0.15) is 11.5 Å². The van der Waals surface area contributed by atoms with Gasteiger partial charge in [-0.1, -0.05) is 35.7 Å². The molecule has 144 valence electrons. The number of hydrazine groups is 1. The third kappa shape index (κ3) is 7.70. The monoisotopic (exact) mass is 434 g/mol. The second-order valence-corrected chi connectivity index (χ2v) is 6.74. The van der Waals surface area contributed by atoms with Crippen LogP contribution in [0, 0.1) is 0 Å². The molecule has 0 aliphatic rings. The largest absolute Gasteiger partial charge is 0.494 e. The number of ether oxygens (including phenoxy) is 2. The zero-order chi connectivity index (χ0) is 19.5. The van der Waals surface area contributed by atoms with Crippen LogP contribution in [0.15, 0.2) is 53.0 Å². The fraction of sp³-hybridized carbons (Fsp3) is 0.300. The Kier molecular flexibility index (Phi) is 8.64. The van der Waals surface area contributed by atoms with Crippen molar-refractivity contribution in [2.75, 3.05) is 13.2 Å². The molecule has 0 fully saturated rings. The predicted octanol–water partition coefficient (Wildman–Crippen LogP) is 3.86. The normalized spacial score (nSPS) is 10.1. The summed E-state index contributed by atoms with van der Waals surface area (Å²) in [5.74, 6) is 0.412. The molecule has 0 aromatic heterocycles. The lowest BCUT2D eigenvalue weighted by Gasteiger charge is -2.10. The van der Waals surface area contributed by atoms with E-state index in [1.807, 2.05) is 12.1 Å². The standard InChI is InChI=1S/C20H23BrN2O4/c1-2-3-4-13-26-17-9-5-15(6-10-17)20(25)23-22-19(24)14-27-18-11-7-16(21)8-12-18/h5-12H,2-4,13-14H2,1H3,(H,22,24)(H,23,25). The van der Waals surface area contributed by atoms with Gasteiger partial charge in [0, 0.05) is 10.0 Å². The van der Waals surface area contributed by atoms with Crippen molar-refractivity contribution in [3.8, 4) is 11.5 Å². The summed E-state index contributed by atoms with van der Waals surface area (Å²) in [6.07, 6.45) is 3.28. The molecule has 2 aromatic carbocycles. The summed E-state index contributed by atoms with van der Waals surface area (Å²) in [5, 5.41) is 0. The van der Waals surface area contributed by atoms with Gasteiger partial charge >= 0.3 is 0 Å². The van der Waals surface area contributed by atoms with E-state index in [9.17, 15) is 9.59 Å². The van der Waals surface area contributed by atoms with Crippen molar-refractivity contribution < 1.29 is 19.1 Å². The Morgan fingerprint density at radius 1 is 0.889 bits per heavy atom. The molecule has 6 nitrogen and oxygen atoms in total. The molecular weight excluding hydrogens is 412 g/mol. The third-order valence-corrected chi connectivity index (χ3v) is 4.16. The van der Waals surface area contributed by atoms with E-state index >= 15 is 0 Å². The molecule has 0 aliphatic carbocycles. The average molecular weight is 435 g/mol. The van der Waals surface area contributed by atoms with Crippen molar-refractivity contribution in [1.82, 2.24) is 10.9 Å². The molecule has 2 rings (SSSR count). The van der Waals surface area contributed by atoms with Crippen LogP contribution in [0.25, 0.3) is 0 Å². The van der Waals surface area contributed by atoms with Gasteiger partial charge in [-0.25, -0.2) is 0 Å². The minimum Gasteiger partial charge on any atom is -0.494 e. The summed E-state index contributed by atoms with van der Waals surface area (Å²) in [7, 11) is 0. The van der Waals surface area contributed by atoms with E-state index in [2.05, 4.69) is 33.7 Å². The number of halogens is 1. The molecule has 0 heterocycles. The Morgan fingerprint density at radius 3 is 2.19 bits per heavy atom. The van der Waals surface area contributed by atoms with Crippen LogP contribution in [0.3, 0.4) is 0 Å². The number of nitrogens with one attached hydrogen (secondary N) is 2. The first-order valence-electron chi connectivity index (χ1n) is 8.79. The van der Waals surface area contributed by atoms with Crippen LogP contribution in [-0.2, 0) is 4.79 Å². The summed E-state index contributed by atoms with van der Waals surface area (Å²) in [6.45, 7) is 2.60. The summed E-state index contributed by atoms with van der Waals surface area (Å²) >= 11 is 3.32. The van der Waals surface area contributed by atoms with Crippen molar-refractivity contribution in [3.05, 3.63) is 58.6 Å². The summed E-state index contributed by atoms with van der Waals surface area (Å²) < 4.78 is 11.9. The van der Waals surface area contributed by atoms with Crippen LogP contribution < -0.4 is 20.3 Å². The molecule has 2 aromatic rings. The third-order valence-electron chi connectivity index (χ3n) is 3.63. The number of benzene rings is 2. The van der Waals surface area contributed by atoms with Crippen molar-refractivity contribution in [2.24, 2.45) is 0 Å². The highest BCUT2D eigenvalue weighted by Crippen LogP contribution is 2.16. The molecule has 0 unspecified atom stereocenters. The average Bonchev–Trinajstić information content (AvgIpc) is 2.69. The zero-order valence-electron chi connectivity index (χ0n) is 15.2. The van der Waals surface area contributed by atoms with E-state index in [1.54, 1.807) is 36.4 Å². The molecule has 0 aliphatic heterocycles. The molecule has 0 saturated carbocycles. The molecule has 0 bridgehead atoms. The minimum absolute atomic E-state index is 0.202. The Labute approximate surface area is 167 Å². The van der Waals surface area contributed by atoms with Crippen LogP contribution in [0.2, 0.25) is 0 Å². The fourth-order valence-corrected chi connectivity index (χ4v) is 2.42.